The van der Waals surface area contributed by atoms with E-state index in [9.17, 15) is 9.59 Å². The van der Waals surface area contributed by atoms with Gasteiger partial charge in [-0.2, -0.15) is 0 Å². The first kappa shape index (κ1) is 14.6. The zero-order chi connectivity index (χ0) is 15.1. The van der Waals surface area contributed by atoms with Crippen LogP contribution in [-0.2, 0) is 4.74 Å². The van der Waals surface area contributed by atoms with Crippen LogP contribution in [0.4, 0.5) is 4.79 Å². The number of fused-ring (bicyclic) bond motifs is 1. The Morgan fingerprint density at radius 2 is 1.85 bits per heavy atom. The molecule has 0 aliphatic heterocycles. The van der Waals surface area contributed by atoms with Crippen molar-refractivity contribution in [2.75, 3.05) is 0 Å². The summed E-state index contributed by atoms with van der Waals surface area (Å²) in [5, 5.41) is 0.609. The molecule has 0 atom stereocenters. The number of ether oxygens (including phenoxy) is 1. The second-order valence-corrected chi connectivity index (χ2v) is 6.11. The van der Waals surface area contributed by atoms with Gasteiger partial charge < -0.3 is 10.5 Å². The quantitative estimate of drug-likeness (QED) is 0.866. The second-order valence-electron chi connectivity index (χ2n) is 5.36. The maximum atomic E-state index is 12.3. The van der Waals surface area contributed by atoms with Crippen molar-refractivity contribution in [3.05, 3.63) is 34.4 Å². The zero-order valence-corrected chi connectivity index (χ0v) is 13.0. The Morgan fingerprint density at radius 1 is 1.25 bits per heavy atom. The molecule has 6 heteroatoms. The topological polar surface area (TPSA) is 74.3 Å². The molecule has 0 saturated heterocycles. The minimum absolute atomic E-state index is 0.270. The fourth-order valence-electron chi connectivity index (χ4n) is 1.93. The highest BCUT2D eigenvalue weighted by molar-refractivity contribution is 9.10. The van der Waals surface area contributed by atoms with Crippen LogP contribution in [0.25, 0.3) is 10.9 Å². The smallest absolute Gasteiger partial charge is 0.419 e. The molecule has 106 valence electrons. The van der Waals surface area contributed by atoms with E-state index in [1.165, 1.54) is 4.57 Å². The highest BCUT2D eigenvalue weighted by Crippen LogP contribution is 2.30. The number of carbonyl (C=O) groups excluding carboxylic acids is 2. The predicted octanol–water partition coefficient (Wildman–Crippen LogP) is 3.29. The van der Waals surface area contributed by atoms with Gasteiger partial charge in [-0.1, -0.05) is 18.2 Å². The first-order chi connectivity index (χ1) is 9.22. The first-order valence-electron chi connectivity index (χ1n) is 6.04. The monoisotopic (exact) mass is 338 g/mol. The van der Waals surface area contributed by atoms with Gasteiger partial charge in [0.15, 0.2) is 0 Å². The molecule has 0 unspecified atom stereocenters. The molecule has 5 nitrogen and oxygen atoms in total. The van der Waals surface area contributed by atoms with E-state index in [1.54, 1.807) is 45.0 Å². The minimum atomic E-state index is -0.630. The number of primary amides is 1. The van der Waals surface area contributed by atoms with Crippen molar-refractivity contribution in [2.45, 2.75) is 26.4 Å². The van der Waals surface area contributed by atoms with Crippen molar-refractivity contribution >= 4 is 38.8 Å². The summed E-state index contributed by atoms with van der Waals surface area (Å²) >= 11 is 3.26. The molecule has 1 aromatic carbocycles. The Bertz CT molecular complexity index is 698. The summed E-state index contributed by atoms with van der Waals surface area (Å²) in [4.78, 5) is 23.9. The summed E-state index contributed by atoms with van der Waals surface area (Å²) in [6, 6.07) is 7.03. The molecule has 1 heterocycles. The number of para-hydroxylation sites is 1. The SMILES string of the molecule is CC(C)(C)OC(=O)n1c(Br)c(C(N)=O)c2ccccc21. The third kappa shape index (κ3) is 2.56. The van der Waals surface area contributed by atoms with Gasteiger partial charge in [0, 0.05) is 5.39 Å². The van der Waals surface area contributed by atoms with Gasteiger partial charge >= 0.3 is 6.09 Å². The van der Waals surface area contributed by atoms with Crippen molar-refractivity contribution in [1.29, 1.82) is 0 Å². The van der Waals surface area contributed by atoms with Crippen LogP contribution < -0.4 is 5.73 Å². The van der Waals surface area contributed by atoms with E-state index < -0.39 is 17.6 Å². The van der Waals surface area contributed by atoms with Crippen LogP contribution >= 0.6 is 15.9 Å². The van der Waals surface area contributed by atoms with E-state index in [0.717, 1.165) is 0 Å². The zero-order valence-electron chi connectivity index (χ0n) is 11.4. The molecule has 0 spiro atoms. The van der Waals surface area contributed by atoms with Crippen LogP contribution in [0.15, 0.2) is 28.9 Å². The summed E-state index contributed by atoms with van der Waals surface area (Å²) in [5.74, 6) is -0.601. The Labute approximate surface area is 124 Å². The van der Waals surface area contributed by atoms with Gasteiger partial charge in [-0.15, -0.1) is 0 Å². The lowest BCUT2D eigenvalue weighted by Crippen LogP contribution is -2.27. The van der Waals surface area contributed by atoms with E-state index in [2.05, 4.69) is 15.9 Å². The molecular formula is C14H15BrN2O3. The summed E-state index contributed by atoms with van der Waals surface area (Å²) in [6.45, 7) is 5.33. The van der Waals surface area contributed by atoms with Gasteiger partial charge in [0.05, 0.1) is 11.1 Å². The van der Waals surface area contributed by atoms with Crippen molar-refractivity contribution < 1.29 is 14.3 Å². The van der Waals surface area contributed by atoms with E-state index >= 15 is 0 Å². The predicted molar refractivity (Wildman–Crippen MR) is 79.8 cm³/mol. The van der Waals surface area contributed by atoms with Crippen LogP contribution in [0.2, 0.25) is 0 Å². The van der Waals surface area contributed by atoms with Gasteiger partial charge in [0.25, 0.3) is 5.91 Å². The lowest BCUT2D eigenvalue weighted by molar-refractivity contribution is 0.0541. The molecule has 2 aromatic rings. The average molecular weight is 339 g/mol. The lowest BCUT2D eigenvalue weighted by atomic mass is 10.2. The van der Waals surface area contributed by atoms with Gasteiger partial charge in [-0.05, 0) is 42.8 Å². The Hall–Kier alpha value is -1.82. The number of hydrogen-bond donors (Lipinski definition) is 1. The highest BCUT2D eigenvalue weighted by Gasteiger charge is 2.26. The number of nitrogens with two attached hydrogens (primary N) is 1. The van der Waals surface area contributed by atoms with Crippen LogP contribution in [-0.4, -0.2) is 22.2 Å². The van der Waals surface area contributed by atoms with Crippen LogP contribution in [0.5, 0.6) is 0 Å². The van der Waals surface area contributed by atoms with E-state index in [4.69, 9.17) is 10.5 Å². The number of aromatic nitrogens is 1. The molecule has 1 amide bonds. The molecule has 0 fully saturated rings. The highest BCUT2D eigenvalue weighted by atomic mass is 79.9. The number of halogens is 1. The van der Waals surface area contributed by atoms with Gasteiger partial charge in [-0.3, -0.25) is 4.79 Å². The van der Waals surface area contributed by atoms with Gasteiger partial charge in [-0.25, -0.2) is 9.36 Å². The largest absolute Gasteiger partial charge is 0.443 e. The molecule has 0 aliphatic rings. The van der Waals surface area contributed by atoms with Gasteiger partial charge in [0.1, 0.15) is 10.2 Å². The molecule has 2 rings (SSSR count). The molecule has 0 saturated carbocycles. The third-order valence-corrected chi connectivity index (χ3v) is 3.39. The molecular weight excluding hydrogens is 324 g/mol. The number of nitrogens with zero attached hydrogens (tertiary/aromatic N) is 1. The standard InChI is InChI=1S/C14H15BrN2O3/c1-14(2,3)20-13(19)17-9-7-5-4-6-8(9)10(11(17)15)12(16)18/h4-7H,1-3H3,(H2,16,18). The molecule has 0 radical (unpaired) electrons. The molecule has 20 heavy (non-hydrogen) atoms. The fourth-order valence-corrected chi connectivity index (χ4v) is 2.67. The molecule has 0 bridgehead atoms. The second kappa shape index (κ2) is 4.94. The Balaban J connectivity index is 2.68. The third-order valence-electron chi connectivity index (χ3n) is 2.64. The molecule has 1 aromatic heterocycles. The number of rotatable bonds is 1. The van der Waals surface area contributed by atoms with E-state index in [1.807, 2.05) is 0 Å². The minimum Gasteiger partial charge on any atom is -0.443 e. The Kier molecular flexibility index (Phi) is 3.60. The van der Waals surface area contributed by atoms with E-state index in [0.29, 0.717) is 15.5 Å². The number of amides is 1. The molecule has 2 N–H and O–H groups in total. The van der Waals surface area contributed by atoms with Crippen molar-refractivity contribution in [1.82, 2.24) is 4.57 Å². The van der Waals surface area contributed by atoms with Crippen molar-refractivity contribution in [2.24, 2.45) is 5.73 Å². The number of benzene rings is 1. The summed E-state index contributed by atoms with van der Waals surface area (Å²) in [5.41, 5.74) is 5.60. The normalized spacial score (nSPS) is 11.6. The van der Waals surface area contributed by atoms with E-state index in [-0.39, 0.29) is 5.56 Å². The Morgan fingerprint density at radius 3 is 2.40 bits per heavy atom. The number of hydrogen-bond acceptors (Lipinski definition) is 3. The molecule has 0 aliphatic carbocycles. The van der Waals surface area contributed by atoms with Crippen LogP contribution in [0.3, 0.4) is 0 Å². The maximum Gasteiger partial charge on any atom is 0.419 e. The van der Waals surface area contributed by atoms with Crippen LogP contribution in [0, 0.1) is 0 Å². The number of carbonyl (C=O) groups is 2. The summed E-state index contributed by atoms with van der Waals surface area (Å²) in [7, 11) is 0. The first-order valence-corrected chi connectivity index (χ1v) is 6.84. The summed E-state index contributed by atoms with van der Waals surface area (Å²) < 4.78 is 6.96. The van der Waals surface area contributed by atoms with Crippen molar-refractivity contribution in [3.63, 3.8) is 0 Å². The lowest BCUT2D eigenvalue weighted by Gasteiger charge is -2.20. The van der Waals surface area contributed by atoms with Gasteiger partial charge in [0.2, 0.25) is 0 Å². The van der Waals surface area contributed by atoms with Crippen molar-refractivity contribution in [3.8, 4) is 0 Å². The maximum absolute atomic E-state index is 12.3. The van der Waals surface area contributed by atoms with Crippen LogP contribution in [0.1, 0.15) is 31.1 Å². The summed E-state index contributed by atoms with van der Waals surface area (Å²) in [6.07, 6.45) is -0.562. The average Bonchev–Trinajstić information content (AvgIpc) is 2.58. The fraction of sp³-hybridized carbons (Fsp3) is 0.286.